The Bertz CT molecular complexity index is 741. The van der Waals surface area contributed by atoms with Gasteiger partial charge in [-0.15, -0.1) is 0 Å². The first-order chi connectivity index (χ1) is 10.4. The zero-order chi connectivity index (χ0) is 16.3. The molecule has 2 aromatic rings. The number of rotatable bonds is 3. The summed E-state index contributed by atoms with van der Waals surface area (Å²) >= 11 is 0. The lowest BCUT2D eigenvalue weighted by Gasteiger charge is -2.11. The molecule has 4 nitrogen and oxygen atoms in total. The number of anilines is 1. The molecule has 1 amide bonds. The third-order valence-corrected chi connectivity index (χ3v) is 3.35. The normalized spacial score (nSPS) is 10.2. The van der Waals surface area contributed by atoms with Crippen LogP contribution >= 0.6 is 0 Å². The lowest BCUT2D eigenvalue weighted by molar-refractivity contribution is 0.0600. The van der Waals surface area contributed by atoms with Crippen LogP contribution in [0.4, 0.5) is 10.1 Å². The predicted octanol–water partition coefficient (Wildman–Crippen LogP) is 3.48. The maximum absolute atomic E-state index is 13.3. The number of methoxy groups -OCH3 is 1. The van der Waals surface area contributed by atoms with Crippen molar-refractivity contribution in [3.8, 4) is 0 Å². The van der Waals surface area contributed by atoms with E-state index in [0.717, 1.165) is 5.56 Å². The topological polar surface area (TPSA) is 55.4 Å². The van der Waals surface area contributed by atoms with Gasteiger partial charge >= 0.3 is 5.97 Å². The summed E-state index contributed by atoms with van der Waals surface area (Å²) in [6.45, 7) is 3.53. The Morgan fingerprint density at radius 3 is 2.41 bits per heavy atom. The first-order valence-corrected chi connectivity index (χ1v) is 6.69. The van der Waals surface area contributed by atoms with Gasteiger partial charge in [-0.05, 0) is 49.2 Å². The van der Waals surface area contributed by atoms with Crippen molar-refractivity contribution >= 4 is 17.6 Å². The first kappa shape index (κ1) is 15.7. The molecule has 0 saturated carbocycles. The molecule has 22 heavy (non-hydrogen) atoms. The lowest BCUT2D eigenvalue weighted by Crippen LogP contribution is -2.15. The van der Waals surface area contributed by atoms with E-state index in [-0.39, 0.29) is 5.56 Å². The van der Waals surface area contributed by atoms with Crippen LogP contribution in [0.15, 0.2) is 36.4 Å². The molecule has 0 bridgehead atoms. The molecule has 0 aliphatic carbocycles. The van der Waals surface area contributed by atoms with Crippen molar-refractivity contribution in [2.45, 2.75) is 13.8 Å². The van der Waals surface area contributed by atoms with Crippen LogP contribution in [0.25, 0.3) is 0 Å². The Morgan fingerprint density at radius 1 is 1.05 bits per heavy atom. The van der Waals surface area contributed by atoms with Gasteiger partial charge in [-0.25, -0.2) is 9.18 Å². The number of esters is 1. The molecule has 0 radical (unpaired) electrons. The highest BCUT2D eigenvalue weighted by atomic mass is 19.1. The van der Waals surface area contributed by atoms with Crippen LogP contribution in [-0.2, 0) is 4.74 Å². The van der Waals surface area contributed by atoms with E-state index in [1.165, 1.54) is 25.3 Å². The number of benzene rings is 2. The molecule has 0 spiro atoms. The number of carbonyl (C=O) groups is 2. The van der Waals surface area contributed by atoms with E-state index < -0.39 is 17.7 Å². The highest BCUT2D eigenvalue weighted by molar-refractivity contribution is 6.06. The van der Waals surface area contributed by atoms with Gasteiger partial charge in [-0.3, -0.25) is 4.79 Å². The van der Waals surface area contributed by atoms with E-state index in [0.29, 0.717) is 16.8 Å². The van der Waals surface area contributed by atoms with Gasteiger partial charge < -0.3 is 10.1 Å². The maximum atomic E-state index is 13.3. The second kappa shape index (κ2) is 6.39. The third-order valence-electron chi connectivity index (χ3n) is 3.35. The summed E-state index contributed by atoms with van der Waals surface area (Å²) < 4.78 is 18.0. The number of nitrogens with one attached hydrogen (secondary N) is 1. The highest BCUT2D eigenvalue weighted by Crippen LogP contribution is 2.20. The smallest absolute Gasteiger partial charge is 0.337 e. The third kappa shape index (κ3) is 3.31. The van der Waals surface area contributed by atoms with E-state index in [1.807, 2.05) is 0 Å². The van der Waals surface area contributed by atoms with Gasteiger partial charge in [0, 0.05) is 11.3 Å². The van der Waals surface area contributed by atoms with E-state index in [4.69, 9.17) is 0 Å². The van der Waals surface area contributed by atoms with Crippen LogP contribution in [-0.4, -0.2) is 19.0 Å². The Morgan fingerprint density at radius 2 is 1.73 bits per heavy atom. The molecule has 5 heteroatoms. The quantitative estimate of drug-likeness (QED) is 0.883. The molecule has 2 aromatic carbocycles. The maximum Gasteiger partial charge on any atom is 0.337 e. The van der Waals surface area contributed by atoms with Crippen LogP contribution in [0.1, 0.15) is 31.8 Å². The largest absolute Gasteiger partial charge is 0.465 e. The van der Waals surface area contributed by atoms with Crippen molar-refractivity contribution in [2.24, 2.45) is 0 Å². The van der Waals surface area contributed by atoms with Crippen molar-refractivity contribution in [3.63, 3.8) is 0 Å². The van der Waals surface area contributed by atoms with Crippen molar-refractivity contribution in [1.29, 1.82) is 0 Å². The van der Waals surface area contributed by atoms with Gasteiger partial charge in [0.25, 0.3) is 5.91 Å². The number of aryl methyl sites for hydroxylation is 2. The highest BCUT2D eigenvalue weighted by Gasteiger charge is 2.13. The summed E-state index contributed by atoms with van der Waals surface area (Å²) in [6, 6.07) is 8.89. The minimum atomic E-state index is -0.488. The Balaban J connectivity index is 2.32. The van der Waals surface area contributed by atoms with Crippen LogP contribution in [0.2, 0.25) is 0 Å². The first-order valence-electron chi connectivity index (χ1n) is 6.69. The second-order valence-corrected chi connectivity index (χ2v) is 4.93. The Labute approximate surface area is 127 Å². The minimum absolute atomic E-state index is 0.253. The zero-order valence-electron chi connectivity index (χ0n) is 12.6. The monoisotopic (exact) mass is 301 g/mol. The molecular weight excluding hydrogens is 285 g/mol. The number of hydrogen-bond donors (Lipinski definition) is 1. The van der Waals surface area contributed by atoms with Crippen LogP contribution in [0.5, 0.6) is 0 Å². The van der Waals surface area contributed by atoms with Gasteiger partial charge in [-0.2, -0.15) is 0 Å². The van der Waals surface area contributed by atoms with Crippen molar-refractivity contribution in [2.75, 3.05) is 12.4 Å². The number of hydrogen-bond acceptors (Lipinski definition) is 3. The fourth-order valence-corrected chi connectivity index (χ4v) is 2.03. The van der Waals surface area contributed by atoms with Crippen LogP contribution in [0.3, 0.4) is 0 Å². The molecular formula is C17H16FNO3. The molecule has 0 aliphatic heterocycles. The lowest BCUT2D eigenvalue weighted by atomic mass is 10.1. The average molecular weight is 301 g/mol. The molecule has 0 atom stereocenters. The molecule has 114 valence electrons. The summed E-state index contributed by atoms with van der Waals surface area (Å²) in [5.41, 5.74) is 2.52. The SMILES string of the molecule is COC(=O)c1ccc(C)c(NC(=O)c2cc(F)ccc2C)c1. The fraction of sp³-hybridized carbons (Fsp3) is 0.176. The molecule has 0 fully saturated rings. The fourth-order valence-electron chi connectivity index (χ4n) is 2.03. The van der Waals surface area contributed by atoms with E-state index in [1.54, 1.807) is 32.0 Å². The van der Waals surface area contributed by atoms with Gasteiger partial charge in [-0.1, -0.05) is 12.1 Å². The number of carbonyl (C=O) groups excluding carboxylic acids is 2. The van der Waals surface area contributed by atoms with Crippen LogP contribution in [0, 0.1) is 19.7 Å². The number of halogens is 1. The summed E-state index contributed by atoms with van der Waals surface area (Å²) in [4.78, 5) is 23.8. The van der Waals surface area contributed by atoms with Gasteiger partial charge in [0.1, 0.15) is 5.82 Å². The number of amides is 1. The Kier molecular flexibility index (Phi) is 4.56. The summed E-state index contributed by atoms with van der Waals surface area (Å²) in [7, 11) is 1.29. The average Bonchev–Trinajstić information content (AvgIpc) is 2.50. The van der Waals surface area contributed by atoms with Gasteiger partial charge in [0.2, 0.25) is 0 Å². The zero-order valence-corrected chi connectivity index (χ0v) is 12.6. The van der Waals surface area contributed by atoms with Gasteiger partial charge in [0.05, 0.1) is 12.7 Å². The van der Waals surface area contributed by atoms with E-state index >= 15 is 0 Å². The molecule has 0 aromatic heterocycles. The van der Waals surface area contributed by atoms with E-state index in [9.17, 15) is 14.0 Å². The van der Waals surface area contributed by atoms with Crippen molar-refractivity contribution in [1.82, 2.24) is 0 Å². The molecule has 0 heterocycles. The minimum Gasteiger partial charge on any atom is -0.465 e. The van der Waals surface area contributed by atoms with Crippen molar-refractivity contribution in [3.05, 3.63) is 64.5 Å². The molecule has 1 N–H and O–H groups in total. The predicted molar refractivity (Wildman–Crippen MR) is 81.6 cm³/mol. The standard InChI is InChI=1S/C17H16FNO3/c1-10-5-7-13(18)9-14(10)16(20)19-15-8-12(17(21)22-3)6-4-11(15)2/h4-9H,1-3H3,(H,19,20). The van der Waals surface area contributed by atoms with E-state index in [2.05, 4.69) is 10.1 Å². The second-order valence-electron chi connectivity index (χ2n) is 4.93. The molecule has 0 aliphatic rings. The Hall–Kier alpha value is -2.69. The van der Waals surface area contributed by atoms with Gasteiger partial charge in [0.15, 0.2) is 0 Å². The van der Waals surface area contributed by atoms with Crippen molar-refractivity contribution < 1.29 is 18.7 Å². The molecule has 0 unspecified atom stereocenters. The summed E-state index contributed by atoms with van der Waals surface area (Å²) in [5, 5.41) is 2.70. The molecule has 2 rings (SSSR count). The summed E-state index contributed by atoms with van der Waals surface area (Å²) in [5.74, 6) is -1.39. The summed E-state index contributed by atoms with van der Waals surface area (Å²) in [6.07, 6.45) is 0. The molecule has 0 saturated heterocycles. The number of ether oxygens (including phenoxy) is 1. The van der Waals surface area contributed by atoms with Crippen LogP contribution < -0.4 is 5.32 Å².